The van der Waals surface area contributed by atoms with Gasteiger partial charge in [0.1, 0.15) is 5.75 Å². The van der Waals surface area contributed by atoms with Crippen molar-refractivity contribution in [3.05, 3.63) is 52.7 Å². The Kier molecular flexibility index (Phi) is 3.69. The number of nitrogens with two attached hydrogens (primary N) is 1. The van der Waals surface area contributed by atoms with Gasteiger partial charge in [-0.15, -0.1) is 0 Å². The number of hydrogen-bond donors (Lipinski definition) is 3. The molecule has 0 saturated heterocycles. The van der Waals surface area contributed by atoms with E-state index in [1.807, 2.05) is 0 Å². The molecule has 2 heterocycles. The average molecular weight is 314 g/mol. The summed E-state index contributed by atoms with van der Waals surface area (Å²) in [4.78, 5) is 25.1. The highest BCUT2D eigenvalue weighted by molar-refractivity contribution is 5.98. The molecule has 6 heteroatoms. The molecule has 2 amide bonds. The number of benzene rings is 1. The molecular formula is C17H18N2O4. The van der Waals surface area contributed by atoms with Crippen molar-refractivity contribution in [1.29, 1.82) is 0 Å². The van der Waals surface area contributed by atoms with Crippen LogP contribution in [0.4, 0.5) is 0 Å². The largest absolute Gasteiger partial charge is 0.507 e. The fraction of sp³-hybridized carbons (Fsp3) is 0.294. The Morgan fingerprint density at radius 2 is 2.13 bits per heavy atom. The van der Waals surface area contributed by atoms with Crippen LogP contribution in [0.2, 0.25) is 0 Å². The number of rotatable bonds is 2. The van der Waals surface area contributed by atoms with E-state index in [1.54, 1.807) is 31.3 Å². The number of aromatic hydroxyl groups is 1. The third kappa shape index (κ3) is 2.61. The van der Waals surface area contributed by atoms with Crippen molar-refractivity contribution in [2.24, 2.45) is 5.73 Å². The molecule has 1 aromatic carbocycles. The minimum absolute atomic E-state index is 0.0638. The highest BCUT2D eigenvalue weighted by atomic mass is 16.3. The molecule has 120 valence electrons. The number of phenolic OH excluding ortho intramolecular Hbond substituents is 1. The first-order valence-electron chi connectivity index (χ1n) is 7.39. The topological polar surface area (TPSA) is 104 Å². The van der Waals surface area contributed by atoms with E-state index in [4.69, 9.17) is 5.73 Å². The normalized spacial score (nSPS) is 23.5. The van der Waals surface area contributed by atoms with Crippen molar-refractivity contribution in [3.8, 4) is 5.75 Å². The zero-order valence-electron chi connectivity index (χ0n) is 12.7. The molecule has 0 spiro atoms. The first kappa shape index (κ1) is 15.3. The van der Waals surface area contributed by atoms with E-state index in [9.17, 15) is 19.8 Å². The number of primary amides is 1. The van der Waals surface area contributed by atoms with Gasteiger partial charge < -0.3 is 20.8 Å². The molecule has 2 aliphatic rings. The van der Waals surface area contributed by atoms with Gasteiger partial charge in [-0.25, -0.2) is 0 Å². The van der Waals surface area contributed by atoms with Gasteiger partial charge in [-0.3, -0.25) is 9.59 Å². The second-order valence-corrected chi connectivity index (χ2v) is 5.95. The van der Waals surface area contributed by atoms with Crippen LogP contribution in [0.5, 0.6) is 5.75 Å². The van der Waals surface area contributed by atoms with Crippen molar-refractivity contribution < 1.29 is 19.8 Å². The van der Waals surface area contributed by atoms with E-state index in [0.717, 1.165) is 5.57 Å². The summed E-state index contributed by atoms with van der Waals surface area (Å²) in [7, 11) is 0. The average Bonchev–Trinajstić information content (AvgIpc) is 2.90. The third-order valence-corrected chi connectivity index (χ3v) is 4.38. The van der Waals surface area contributed by atoms with Crippen LogP contribution in [0.15, 0.2) is 36.1 Å². The fourth-order valence-corrected chi connectivity index (χ4v) is 3.14. The minimum atomic E-state index is -0.802. The van der Waals surface area contributed by atoms with E-state index in [1.165, 1.54) is 11.0 Å². The van der Waals surface area contributed by atoms with Gasteiger partial charge in [-0.2, -0.15) is 0 Å². The van der Waals surface area contributed by atoms with Crippen LogP contribution in [0, 0.1) is 6.92 Å². The molecule has 0 bridgehead atoms. The van der Waals surface area contributed by atoms with Crippen LogP contribution in [0.3, 0.4) is 0 Å². The number of aliphatic hydroxyl groups is 1. The molecule has 0 radical (unpaired) electrons. The van der Waals surface area contributed by atoms with Gasteiger partial charge in [-0.1, -0.05) is 12.1 Å². The molecule has 0 aliphatic carbocycles. The van der Waals surface area contributed by atoms with Gasteiger partial charge in [0.05, 0.1) is 12.1 Å². The Hall–Kier alpha value is -2.60. The predicted octanol–water partition coefficient (Wildman–Crippen LogP) is 0.758. The SMILES string of the molecule is Cc1ccc2c(c1O)CC(O)C1CC(/C=C/C(N)=O)=CN1C2=O. The summed E-state index contributed by atoms with van der Waals surface area (Å²) >= 11 is 0. The fourth-order valence-electron chi connectivity index (χ4n) is 3.14. The number of nitrogens with zero attached hydrogens (tertiary/aromatic N) is 1. The molecule has 3 rings (SSSR count). The van der Waals surface area contributed by atoms with Gasteiger partial charge in [-0.05, 0) is 30.5 Å². The predicted molar refractivity (Wildman–Crippen MR) is 83.5 cm³/mol. The number of allylic oxidation sites excluding steroid dienone is 1. The lowest BCUT2D eigenvalue weighted by Gasteiger charge is -2.24. The Labute approximate surface area is 133 Å². The molecule has 0 saturated carbocycles. The number of fused-ring (bicyclic) bond motifs is 2. The Balaban J connectivity index is 2.01. The number of phenols is 1. The summed E-state index contributed by atoms with van der Waals surface area (Å²) in [6.45, 7) is 1.76. The second kappa shape index (κ2) is 5.55. The number of hydrogen-bond acceptors (Lipinski definition) is 4. The number of carbonyl (C=O) groups excluding carboxylic acids is 2. The van der Waals surface area contributed by atoms with Crippen molar-refractivity contribution in [2.45, 2.75) is 31.9 Å². The highest BCUT2D eigenvalue weighted by Gasteiger charge is 2.39. The smallest absolute Gasteiger partial charge is 0.258 e. The van der Waals surface area contributed by atoms with Crippen LogP contribution < -0.4 is 5.73 Å². The van der Waals surface area contributed by atoms with Gasteiger partial charge in [0.15, 0.2) is 0 Å². The molecule has 23 heavy (non-hydrogen) atoms. The summed E-state index contributed by atoms with van der Waals surface area (Å²) in [6, 6.07) is 2.95. The Bertz CT molecular complexity index is 751. The lowest BCUT2D eigenvalue weighted by Crippen LogP contribution is -2.39. The first-order chi connectivity index (χ1) is 10.9. The summed E-state index contributed by atoms with van der Waals surface area (Å²) in [5.41, 5.74) is 7.38. The summed E-state index contributed by atoms with van der Waals surface area (Å²) in [6.07, 6.45) is 4.26. The van der Waals surface area contributed by atoms with E-state index in [0.29, 0.717) is 23.1 Å². The van der Waals surface area contributed by atoms with Crippen LogP contribution in [0.1, 0.15) is 27.9 Å². The Morgan fingerprint density at radius 1 is 1.39 bits per heavy atom. The van der Waals surface area contributed by atoms with Gasteiger partial charge in [0, 0.05) is 29.8 Å². The quantitative estimate of drug-likeness (QED) is 0.701. The molecule has 4 N–H and O–H groups in total. The first-order valence-corrected chi connectivity index (χ1v) is 7.39. The number of aryl methyl sites for hydroxylation is 1. The van der Waals surface area contributed by atoms with Gasteiger partial charge in [0.2, 0.25) is 5.91 Å². The maximum atomic E-state index is 12.8. The van der Waals surface area contributed by atoms with Crippen LogP contribution in [-0.4, -0.2) is 39.1 Å². The van der Waals surface area contributed by atoms with Crippen molar-refractivity contribution >= 4 is 11.8 Å². The lowest BCUT2D eigenvalue weighted by molar-refractivity contribution is -0.113. The summed E-state index contributed by atoms with van der Waals surface area (Å²) in [5, 5.41) is 20.7. The molecule has 0 aromatic heterocycles. The maximum absolute atomic E-state index is 12.8. The summed E-state index contributed by atoms with van der Waals surface area (Å²) < 4.78 is 0. The number of amides is 2. The molecular weight excluding hydrogens is 296 g/mol. The second-order valence-electron chi connectivity index (χ2n) is 5.95. The zero-order valence-corrected chi connectivity index (χ0v) is 12.7. The standard InChI is InChI=1S/C17H18N2O4/c1-9-2-4-11-12(16(9)22)7-14(20)13-6-10(3-5-15(18)21)8-19(13)17(11)23/h2-5,8,13-14,20,22H,6-7H2,1H3,(H2,18,21)/b5-3+. The van der Waals surface area contributed by atoms with E-state index >= 15 is 0 Å². The maximum Gasteiger partial charge on any atom is 0.258 e. The Morgan fingerprint density at radius 3 is 2.83 bits per heavy atom. The van der Waals surface area contributed by atoms with Gasteiger partial charge >= 0.3 is 0 Å². The highest BCUT2D eigenvalue weighted by Crippen LogP contribution is 2.36. The molecule has 1 aromatic rings. The molecule has 2 unspecified atom stereocenters. The monoisotopic (exact) mass is 314 g/mol. The third-order valence-electron chi connectivity index (χ3n) is 4.38. The van der Waals surface area contributed by atoms with Crippen LogP contribution in [-0.2, 0) is 11.2 Å². The lowest BCUT2D eigenvalue weighted by atomic mass is 9.95. The summed E-state index contributed by atoms with van der Waals surface area (Å²) in [5.74, 6) is -0.765. The minimum Gasteiger partial charge on any atom is -0.507 e. The van der Waals surface area contributed by atoms with Crippen LogP contribution in [0.25, 0.3) is 0 Å². The van der Waals surface area contributed by atoms with Crippen molar-refractivity contribution in [3.63, 3.8) is 0 Å². The zero-order chi connectivity index (χ0) is 16.7. The van der Waals surface area contributed by atoms with Crippen LogP contribution >= 0.6 is 0 Å². The number of carbonyl (C=O) groups is 2. The van der Waals surface area contributed by atoms with E-state index in [2.05, 4.69) is 0 Å². The van der Waals surface area contributed by atoms with Gasteiger partial charge in [0.25, 0.3) is 5.91 Å². The molecule has 6 nitrogen and oxygen atoms in total. The number of aliphatic hydroxyl groups excluding tert-OH is 1. The van der Waals surface area contributed by atoms with Crippen molar-refractivity contribution in [1.82, 2.24) is 4.90 Å². The van der Waals surface area contributed by atoms with E-state index in [-0.39, 0.29) is 18.1 Å². The van der Waals surface area contributed by atoms with Crippen molar-refractivity contribution in [2.75, 3.05) is 0 Å². The molecule has 0 fully saturated rings. The van der Waals surface area contributed by atoms with E-state index < -0.39 is 18.1 Å². The molecule has 2 aliphatic heterocycles. The molecule has 2 atom stereocenters.